The van der Waals surface area contributed by atoms with Gasteiger partial charge in [0.05, 0.1) is 6.61 Å². The third-order valence-corrected chi connectivity index (χ3v) is 4.26. The largest absolute Gasteiger partial charge is 0.548 e. The average molecular weight is 349 g/mol. The van der Waals surface area contributed by atoms with E-state index in [1.54, 1.807) is 25.1 Å². The van der Waals surface area contributed by atoms with Crippen LogP contribution in [0, 0.1) is 0 Å². The first-order valence-corrected chi connectivity index (χ1v) is 9.16. The molecule has 1 unspecified atom stereocenters. The highest BCUT2D eigenvalue weighted by atomic mass is 31.1. The molecule has 0 amide bonds. The summed E-state index contributed by atoms with van der Waals surface area (Å²) < 4.78 is 28.9. The van der Waals surface area contributed by atoms with Gasteiger partial charge in [0, 0.05) is 17.7 Å². The number of ether oxygens (including phenoxy) is 2. The van der Waals surface area contributed by atoms with E-state index in [0.717, 1.165) is 12.8 Å². The minimum absolute atomic E-state index is 0.391. The van der Waals surface area contributed by atoms with Gasteiger partial charge in [-0.05, 0) is 36.5 Å². The third kappa shape index (κ3) is 6.31. The first-order valence-electron chi connectivity index (χ1n) is 7.99. The predicted molar refractivity (Wildman–Crippen MR) is 99.8 cm³/mol. The minimum atomic E-state index is -1.95. The highest BCUT2D eigenvalue weighted by molar-refractivity contribution is 7.48. The van der Waals surface area contributed by atoms with Crippen molar-refractivity contribution < 1.29 is 18.6 Å². The first kappa shape index (κ1) is 20.1. The molecule has 0 spiro atoms. The smallest absolute Gasteiger partial charge is 0.494 e. The van der Waals surface area contributed by atoms with E-state index in [-0.39, 0.29) is 0 Å². The fourth-order valence-electron chi connectivity index (χ4n) is 1.76. The maximum atomic E-state index is 12.3. The monoisotopic (exact) mass is 349 g/mol. The van der Waals surface area contributed by atoms with Crippen molar-refractivity contribution >= 4 is 19.1 Å². The summed E-state index contributed by atoms with van der Waals surface area (Å²) in [5.74, 6) is 1.42. The van der Waals surface area contributed by atoms with Crippen molar-refractivity contribution in [2.45, 2.75) is 33.6 Å². The van der Waals surface area contributed by atoms with Gasteiger partial charge < -0.3 is 9.47 Å². The quantitative estimate of drug-likeness (QED) is 0.234. The van der Waals surface area contributed by atoms with Gasteiger partial charge in [-0.25, -0.2) is 0 Å². The molecule has 4 nitrogen and oxygen atoms in total. The Morgan fingerprint density at radius 3 is 2.46 bits per heavy atom. The molecule has 0 aliphatic heterocycles. The van der Waals surface area contributed by atoms with Crippen LogP contribution in [0.3, 0.4) is 0 Å². The van der Waals surface area contributed by atoms with Gasteiger partial charge in [0.1, 0.15) is 23.9 Å². The van der Waals surface area contributed by atoms with E-state index >= 15 is 0 Å². The summed E-state index contributed by atoms with van der Waals surface area (Å²) >= 11 is 0. The van der Waals surface area contributed by atoms with Crippen LogP contribution in [0.4, 0.5) is 0 Å². The summed E-state index contributed by atoms with van der Waals surface area (Å²) in [5, 5.41) is 0.549. The third-order valence-electron chi connectivity index (χ3n) is 3.16. The summed E-state index contributed by atoms with van der Waals surface area (Å²) in [5.41, 5.74) is 1.38. The normalized spacial score (nSPS) is 10.9. The lowest BCUT2D eigenvalue weighted by Gasteiger charge is -2.12. The molecule has 0 fully saturated rings. The molecule has 24 heavy (non-hydrogen) atoms. The number of benzene rings is 1. The zero-order valence-corrected chi connectivity index (χ0v) is 15.7. The molecular weight excluding hydrogens is 323 g/mol. The second kappa shape index (κ2) is 10.1. The number of unbranched alkanes of at least 4 members (excludes halogenated alkanes) is 1. The van der Waals surface area contributed by atoms with Crippen LogP contribution < -0.4 is 10.0 Å². The van der Waals surface area contributed by atoms with E-state index in [1.807, 2.05) is 6.92 Å². The molecule has 0 saturated carbocycles. The molecule has 0 saturated heterocycles. The Bertz CT molecular complexity index is 634. The highest BCUT2D eigenvalue weighted by Crippen LogP contribution is 2.29. The van der Waals surface area contributed by atoms with Crippen LogP contribution in [-0.2, 0) is 13.8 Å². The second-order valence-electron chi connectivity index (χ2n) is 5.32. The zero-order valence-electron chi connectivity index (χ0n) is 14.8. The molecule has 1 rings (SSSR count). The van der Waals surface area contributed by atoms with Gasteiger partial charge in [0.15, 0.2) is 0 Å². The van der Waals surface area contributed by atoms with Crippen molar-refractivity contribution in [1.82, 2.24) is 0 Å². The van der Waals surface area contributed by atoms with Crippen LogP contribution in [0.15, 0.2) is 49.3 Å². The topological polar surface area (TPSA) is 44.8 Å². The second-order valence-corrected chi connectivity index (χ2v) is 6.61. The molecule has 1 aromatic carbocycles. The minimum Gasteiger partial charge on any atom is -0.494 e. The van der Waals surface area contributed by atoms with Crippen molar-refractivity contribution in [1.29, 1.82) is 0 Å². The van der Waals surface area contributed by atoms with Crippen LogP contribution in [0.2, 0.25) is 0 Å². The van der Waals surface area contributed by atoms with E-state index in [1.165, 1.54) is 0 Å². The molecular formula is C19H26O4P+. The molecule has 0 N–H and O–H groups in total. The predicted octanol–water partition coefficient (Wildman–Crippen LogP) is 5.35. The molecule has 1 aromatic rings. The van der Waals surface area contributed by atoms with Crippen LogP contribution >= 0.6 is 8.03 Å². The fourth-order valence-corrected chi connectivity index (χ4v) is 2.68. The summed E-state index contributed by atoms with van der Waals surface area (Å²) in [6.45, 7) is 18.2. The molecule has 0 aliphatic rings. The molecule has 130 valence electrons. The Kier molecular flexibility index (Phi) is 8.45. The highest BCUT2D eigenvalue weighted by Gasteiger charge is 2.24. The average Bonchev–Trinajstić information content (AvgIpc) is 2.54. The summed E-state index contributed by atoms with van der Waals surface area (Å²) in [6, 6.07) is 5.25. The SMILES string of the molecule is C=C(C)C(=C)OC(=C)c1cc(OCC)cc([P+](=O)OCCCC)c1. The maximum absolute atomic E-state index is 12.3. The molecule has 1 atom stereocenters. The van der Waals surface area contributed by atoms with Crippen molar-refractivity contribution in [2.24, 2.45) is 0 Å². The van der Waals surface area contributed by atoms with Gasteiger partial charge in [-0.15, -0.1) is 4.52 Å². The lowest BCUT2D eigenvalue weighted by atomic mass is 10.2. The van der Waals surface area contributed by atoms with E-state index in [0.29, 0.717) is 46.9 Å². The fraction of sp³-hybridized carbons (Fsp3) is 0.368. The molecule has 0 heterocycles. The molecule has 0 aromatic heterocycles. The van der Waals surface area contributed by atoms with E-state index in [2.05, 4.69) is 26.7 Å². The van der Waals surface area contributed by atoms with E-state index < -0.39 is 8.03 Å². The molecule has 0 bridgehead atoms. The molecule has 0 radical (unpaired) electrons. The van der Waals surface area contributed by atoms with Crippen molar-refractivity contribution in [3.63, 3.8) is 0 Å². The van der Waals surface area contributed by atoms with Crippen LogP contribution in [0.5, 0.6) is 5.75 Å². The van der Waals surface area contributed by atoms with Gasteiger partial charge >= 0.3 is 8.03 Å². The first-order chi connectivity index (χ1) is 11.4. The Labute approximate surface area is 145 Å². The number of hydrogen-bond donors (Lipinski definition) is 0. The number of hydrogen-bond acceptors (Lipinski definition) is 4. The van der Waals surface area contributed by atoms with E-state index in [9.17, 15) is 4.57 Å². The van der Waals surface area contributed by atoms with Crippen LogP contribution in [-0.4, -0.2) is 13.2 Å². The van der Waals surface area contributed by atoms with Gasteiger partial charge in [0.2, 0.25) is 5.30 Å². The number of rotatable bonds is 11. The van der Waals surface area contributed by atoms with Gasteiger partial charge in [-0.2, -0.15) is 0 Å². The molecule has 0 aliphatic carbocycles. The van der Waals surface area contributed by atoms with Gasteiger partial charge in [-0.1, -0.05) is 33.1 Å². The Morgan fingerprint density at radius 2 is 1.88 bits per heavy atom. The lowest BCUT2D eigenvalue weighted by Crippen LogP contribution is -2.05. The summed E-state index contributed by atoms with van der Waals surface area (Å²) in [4.78, 5) is 0. The van der Waals surface area contributed by atoms with Gasteiger partial charge in [0.25, 0.3) is 0 Å². The van der Waals surface area contributed by atoms with Crippen molar-refractivity contribution in [3.05, 3.63) is 54.8 Å². The Balaban J connectivity index is 3.02. The standard InChI is InChI=1S/C19H26O4P/c1-7-9-10-22-24(20)19-12-17(11-18(13-19)21-8-2)16(6)23-15(5)14(3)4/h11-13H,3,5-10H2,1-2,4H3/q+1. The zero-order chi connectivity index (χ0) is 18.1. The summed E-state index contributed by atoms with van der Waals surface area (Å²) in [6.07, 6.45) is 1.86. The Hall–Kier alpha value is -1.90. The van der Waals surface area contributed by atoms with Crippen LogP contribution in [0.1, 0.15) is 39.2 Å². The van der Waals surface area contributed by atoms with Crippen molar-refractivity contribution in [2.75, 3.05) is 13.2 Å². The van der Waals surface area contributed by atoms with E-state index in [4.69, 9.17) is 14.0 Å². The van der Waals surface area contributed by atoms with Gasteiger partial charge in [-0.3, -0.25) is 0 Å². The van der Waals surface area contributed by atoms with Crippen molar-refractivity contribution in [3.8, 4) is 5.75 Å². The van der Waals surface area contributed by atoms with Crippen LogP contribution in [0.25, 0.3) is 5.76 Å². The Morgan fingerprint density at radius 1 is 1.17 bits per heavy atom. The lowest BCUT2D eigenvalue weighted by molar-refractivity contribution is 0.326. The maximum Gasteiger partial charge on any atom is 0.548 e. The number of allylic oxidation sites excluding steroid dienone is 1. The molecule has 5 heteroatoms. The summed E-state index contributed by atoms with van der Waals surface area (Å²) in [7, 11) is -1.95.